The summed E-state index contributed by atoms with van der Waals surface area (Å²) in [5.74, 6) is -0.0282. The number of carbonyl (C=O) groups is 1. The summed E-state index contributed by atoms with van der Waals surface area (Å²) in [5.41, 5.74) is 6.92. The van der Waals surface area contributed by atoms with E-state index in [1.165, 1.54) is 6.92 Å². The Hall–Kier alpha value is -1.19. The number of rotatable bonds is 3. The van der Waals surface area contributed by atoms with Crippen molar-refractivity contribution in [3.8, 4) is 0 Å². The van der Waals surface area contributed by atoms with Crippen LogP contribution >= 0.6 is 0 Å². The zero-order valence-electron chi connectivity index (χ0n) is 7.53. The molecule has 0 saturated carbocycles. The Bertz CT molecular complexity index is 310. The molecule has 1 atom stereocenters. The van der Waals surface area contributed by atoms with E-state index in [2.05, 4.69) is 0 Å². The third-order valence-corrected chi connectivity index (χ3v) is 1.94. The Kier molecular flexibility index (Phi) is 3.17. The number of ketones is 1. The van der Waals surface area contributed by atoms with Gasteiger partial charge in [-0.15, -0.1) is 0 Å². The maximum Gasteiger partial charge on any atom is 0.160 e. The van der Waals surface area contributed by atoms with Gasteiger partial charge in [0.25, 0.3) is 0 Å². The van der Waals surface area contributed by atoms with Gasteiger partial charge in [-0.05, 0) is 12.5 Å². The van der Waals surface area contributed by atoms with E-state index in [-0.39, 0.29) is 12.4 Å². The fraction of sp³-hybridized carbons (Fsp3) is 0.300. The predicted molar refractivity (Wildman–Crippen MR) is 50.5 cm³/mol. The van der Waals surface area contributed by atoms with Gasteiger partial charge in [0.1, 0.15) is 0 Å². The van der Waals surface area contributed by atoms with Crippen molar-refractivity contribution in [1.82, 2.24) is 0 Å². The summed E-state index contributed by atoms with van der Waals surface area (Å²) in [7, 11) is 0. The highest BCUT2D eigenvalue weighted by Gasteiger charge is 2.11. The first-order valence-corrected chi connectivity index (χ1v) is 4.13. The summed E-state index contributed by atoms with van der Waals surface area (Å²) >= 11 is 0. The monoisotopic (exact) mass is 179 g/mol. The van der Waals surface area contributed by atoms with Crippen LogP contribution in [-0.4, -0.2) is 17.5 Å². The summed E-state index contributed by atoms with van der Waals surface area (Å²) in [5, 5.41) is 8.86. The van der Waals surface area contributed by atoms with E-state index in [4.69, 9.17) is 10.8 Å². The van der Waals surface area contributed by atoms with Crippen LogP contribution in [0, 0.1) is 0 Å². The molecular weight excluding hydrogens is 166 g/mol. The van der Waals surface area contributed by atoms with Crippen molar-refractivity contribution in [2.45, 2.75) is 13.0 Å². The minimum Gasteiger partial charge on any atom is -0.394 e. The van der Waals surface area contributed by atoms with Gasteiger partial charge in [0.05, 0.1) is 12.6 Å². The number of aliphatic hydroxyl groups is 1. The quantitative estimate of drug-likeness (QED) is 0.677. The fourth-order valence-corrected chi connectivity index (χ4v) is 1.24. The molecule has 3 heteroatoms. The zero-order chi connectivity index (χ0) is 9.84. The lowest BCUT2D eigenvalue weighted by molar-refractivity contribution is 0.101. The first kappa shape index (κ1) is 9.89. The van der Waals surface area contributed by atoms with E-state index in [1.54, 1.807) is 24.3 Å². The van der Waals surface area contributed by atoms with Crippen LogP contribution < -0.4 is 5.73 Å². The van der Waals surface area contributed by atoms with Crippen LogP contribution in [0.4, 0.5) is 0 Å². The summed E-state index contributed by atoms with van der Waals surface area (Å²) in [6.45, 7) is 1.34. The third-order valence-electron chi connectivity index (χ3n) is 1.94. The average Bonchev–Trinajstić information content (AvgIpc) is 2.16. The molecule has 0 aliphatic heterocycles. The number of nitrogens with two attached hydrogens (primary N) is 1. The molecular formula is C10H13NO2. The first-order chi connectivity index (χ1) is 6.16. The highest BCUT2D eigenvalue weighted by atomic mass is 16.3. The molecule has 0 bridgehead atoms. The summed E-state index contributed by atoms with van der Waals surface area (Å²) in [4.78, 5) is 11.1. The lowest BCUT2D eigenvalue weighted by Crippen LogP contribution is -2.17. The van der Waals surface area contributed by atoms with Crippen LogP contribution in [0.25, 0.3) is 0 Å². The molecule has 0 fully saturated rings. The maximum atomic E-state index is 11.1. The number of hydrogen-bond acceptors (Lipinski definition) is 3. The highest BCUT2D eigenvalue weighted by Crippen LogP contribution is 2.15. The minimum atomic E-state index is -0.472. The second kappa shape index (κ2) is 4.16. The molecule has 3 nitrogen and oxygen atoms in total. The second-order valence-electron chi connectivity index (χ2n) is 2.93. The van der Waals surface area contributed by atoms with Crippen molar-refractivity contribution in [2.75, 3.05) is 6.61 Å². The standard InChI is InChI=1S/C10H13NO2/c1-7(13)8-4-2-3-5-9(8)10(11)6-12/h2-5,10,12H,6,11H2,1H3. The Morgan fingerprint density at radius 3 is 2.69 bits per heavy atom. The molecule has 0 heterocycles. The van der Waals surface area contributed by atoms with Crippen LogP contribution in [0.3, 0.4) is 0 Å². The Labute approximate surface area is 77.2 Å². The van der Waals surface area contributed by atoms with Gasteiger partial charge in [-0.1, -0.05) is 24.3 Å². The van der Waals surface area contributed by atoms with Crippen molar-refractivity contribution in [3.05, 3.63) is 35.4 Å². The second-order valence-corrected chi connectivity index (χ2v) is 2.93. The summed E-state index contributed by atoms with van der Waals surface area (Å²) in [6, 6.07) is 6.59. The van der Waals surface area contributed by atoms with Gasteiger partial charge in [0, 0.05) is 5.56 Å². The van der Waals surface area contributed by atoms with E-state index in [1.807, 2.05) is 0 Å². The third kappa shape index (κ3) is 2.14. The lowest BCUT2D eigenvalue weighted by atomic mass is 9.99. The molecule has 0 aromatic heterocycles. The van der Waals surface area contributed by atoms with E-state index in [9.17, 15) is 4.79 Å². The maximum absolute atomic E-state index is 11.1. The van der Waals surface area contributed by atoms with Crippen LogP contribution in [0.15, 0.2) is 24.3 Å². The van der Waals surface area contributed by atoms with Gasteiger partial charge in [-0.2, -0.15) is 0 Å². The van der Waals surface area contributed by atoms with Gasteiger partial charge in [-0.3, -0.25) is 4.79 Å². The molecule has 1 aromatic rings. The van der Waals surface area contributed by atoms with E-state index >= 15 is 0 Å². The van der Waals surface area contributed by atoms with E-state index < -0.39 is 6.04 Å². The largest absolute Gasteiger partial charge is 0.394 e. The lowest BCUT2D eigenvalue weighted by Gasteiger charge is -2.11. The Morgan fingerprint density at radius 2 is 2.15 bits per heavy atom. The zero-order valence-corrected chi connectivity index (χ0v) is 7.53. The molecule has 0 aliphatic carbocycles. The van der Waals surface area contributed by atoms with Crippen LogP contribution in [0.5, 0.6) is 0 Å². The molecule has 1 aromatic carbocycles. The number of aliphatic hydroxyl groups excluding tert-OH is 1. The van der Waals surface area contributed by atoms with E-state index in [0.29, 0.717) is 11.1 Å². The summed E-state index contributed by atoms with van der Waals surface area (Å²) in [6.07, 6.45) is 0. The number of hydrogen-bond donors (Lipinski definition) is 2. The van der Waals surface area contributed by atoms with Crippen molar-refractivity contribution in [3.63, 3.8) is 0 Å². The fourth-order valence-electron chi connectivity index (χ4n) is 1.24. The minimum absolute atomic E-state index is 0.0282. The van der Waals surface area contributed by atoms with Crippen LogP contribution in [-0.2, 0) is 0 Å². The molecule has 0 amide bonds. The van der Waals surface area contributed by atoms with Gasteiger partial charge >= 0.3 is 0 Å². The van der Waals surface area contributed by atoms with Crippen molar-refractivity contribution < 1.29 is 9.90 Å². The normalized spacial score (nSPS) is 12.5. The molecule has 0 spiro atoms. The number of Topliss-reactive ketones (excluding diaryl/α,β-unsaturated/α-hetero) is 1. The van der Waals surface area contributed by atoms with Gasteiger partial charge in [0.2, 0.25) is 0 Å². The molecule has 13 heavy (non-hydrogen) atoms. The smallest absolute Gasteiger partial charge is 0.160 e. The van der Waals surface area contributed by atoms with Gasteiger partial charge < -0.3 is 10.8 Å². The molecule has 3 N–H and O–H groups in total. The molecule has 0 aliphatic rings. The molecule has 0 saturated heterocycles. The predicted octanol–water partition coefficient (Wildman–Crippen LogP) is 0.881. The van der Waals surface area contributed by atoms with Crippen molar-refractivity contribution in [2.24, 2.45) is 5.73 Å². The first-order valence-electron chi connectivity index (χ1n) is 4.13. The van der Waals surface area contributed by atoms with Crippen LogP contribution in [0.1, 0.15) is 28.9 Å². The Morgan fingerprint density at radius 1 is 1.54 bits per heavy atom. The SMILES string of the molecule is CC(=O)c1ccccc1C(N)CO. The van der Waals surface area contributed by atoms with Crippen molar-refractivity contribution in [1.29, 1.82) is 0 Å². The topological polar surface area (TPSA) is 63.3 Å². The molecule has 70 valence electrons. The van der Waals surface area contributed by atoms with Crippen molar-refractivity contribution >= 4 is 5.78 Å². The summed E-state index contributed by atoms with van der Waals surface area (Å²) < 4.78 is 0. The molecule has 1 rings (SSSR count). The Balaban J connectivity index is 3.11. The molecule has 0 radical (unpaired) electrons. The van der Waals surface area contributed by atoms with Crippen LogP contribution in [0.2, 0.25) is 0 Å². The van der Waals surface area contributed by atoms with Gasteiger partial charge in [-0.25, -0.2) is 0 Å². The number of carbonyl (C=O) groups excluding carboxylic acids is 1. The average molecular weight is 179 g/mol. The molecule has 1 unspecified atom stereocenters. The van der Waals surface area contributed by atoms with Gasteiger partial charge in [0.15, 0.2) is 5.78 Å². The number of benzene rings is 1. The van der Waals surface area contributed by atoms with E-state index in [0.717, 1.165) is 0 Å². The highest BCUT2D eigenvalue weighted by molar-refractivity contribution is 5.95.